The predicted octanol–water partition coefficient (Wildman–Crippen LogP) is 3.15. The summed E-state index contributed by atoms with van der Waals surface area (Å²) in [6.07, 6.45) is 0. The Labute approximate surface area is 150 Å². The third-order valence-corrected chi connectivity index (χ3v) is 4.23. The van der Waals surface area contributed by atoms with Crippen molar-refractivity contribution in [3.63, 3.8) is 0 Å². The lowest BCUT2D eigenvalue weighted by Crippen LogP contribution is -2.34. The van der Waals surface area contributed by atoms with Gasteiger partial charge >= 0.3 is 0 Å². The van der Waals surface area contributed by atoms with E-state index in [-0.39, 0.29) is 18.4 Å². The van der Waals surface area contributed by atoms with E-state index in [0.717, 1.165) is 11.4 Å². The lowest BCUT2D eigenvalue weighted by atomic mass is 10.2. The maximum absolute atomic E-state index is 12.9. The molecule has 0 saturated carbocycles. The summed E-state index contributed by atoms with van der Waals surface area (Å²) >= 11 is 1.52. The molecular weight excluding hydrogens is 341 g/mol. The van der Waals surface area contributed by atoms with E-state index in [1.165, 1.54) is 48.2 Å². The number of rotatable bonds is 7. The Hall–Kier alpha value is -2.38. The summed E-state index contributed by atoms with van der Waals surface area (Å²) in [5, 5.41) is 2.75. The largest absolute Gasteiger partial charge is 0.332 e. The highest BCUT2D eigenvalue weighted by atomic mass is 32.2. The van der Waals surface area contributed by atoms with Crippen molar-refractivity contribution >= 4 is 29.4 Å². The summed E-state index contributed by atoms with van der Waals surface area (Å²) in [4.78, 5) is 26.6. The fourth-order valence-electron chi connectivity index (χ4n) is 2.06. The molecule has 0 aliphatic carbocycles. The molecular formula is C18H20FN3O2S. The van der Waals surface area contributed by atoms with E-state index in [1.807, 2.05) is 19.1 Å². The Kier molecular flexibility index (Phi) is 6.97. The van der Waals surface area contributed by atoms with Crippen LogP contribution in [0, 0.1) is 5.82 Å². The van der Waals surface area contributed by atoms with Crippen molar-refractivity contribution in [3.8, 4) is 0 Å². The maximum Gasteiger partial charge on any atom is 0.254 e. The number of carbonyl (C=O) groups excluding carboxylic acids is 2. The number of nitrogens with zero attached hydrogens (tertiary/aromatic N) is 1. The number of amides is 2. The molecule has 2 N–H and O–H groups in total. The Morgan fingerprint density at radius 2 is 1.72 bits per heavy atom. The van der Waals surface area contributed by atoms with Crippen LogP contribution in [0.4, 0.5) is 10.1 Å². The molecule has 0 unspecified atom stereocenters. The van der Waals surface area contributed by atoms with E-state index in [9.17, 15) is 14.0 Å². The molecule has 132 valence electrons. The van der Waals surface area contributed by atoms with Gasteiger partial charge in [0.2, 0.25) is 5.91 Å². The summed E-state index contributed by atoms with van der Waals surface area (Å²) in [6, 6.07) is 12.6. The zero-order valence-electron chi connectivity index (χ0n) is 14.1. The zero-order chi connectivity index (χ0) is 18.2. The Morgan fingerprint density at radius 1 is 1.08 bits per heavy atom. The molecule has 2 aromatic carbocycles. The van der Waals surface area contributed by atoms with Crippen LogP contribution in [-0.4, -0.2) is 36.9 Å². The van der Waals surface area contributed by atoms with E-state index in [0.29, 0.717) is 11.3 Å². The van der Waals surface area contributed by atoms with Gasteiger partial charge in [0.25, 0.3) is 5.91 Å². The monoisotopic (exact) mass is 361 g/mol. The van der Waals surface area contributed by atoms with Gasteiger partial charge in [-0.05, 0) is 60.5 Å². The summed E-state index contributed by atoms with van der Waals surface area (Å²) in [5.41, 5.74) is 0.995. The average Bonchev–Trinajstić information content (AvgIpc) is 2.61. The summed E-state index contributed by atoms with van der Waals surface area (Å²) < 4.78 is 16.1. The first-order chi connectivity index (χ1) is 12.0. The Morgan fingerprint density at radius 3 is 2.32 bits per heavy atom. The third-order valence-electron chi connectivity index (χ3n) is 3.29. The van der Waals surface area contributed by atoms with Gasteiger partial charge in [0.05, 0.1) is 6.54 Å². The van der Waals surface area contributed by atoms with Crippen molar-refractivity contribution in [3.05, 3.63) is 59.9 Å². The number of nitrogens with one attached hydrogen (secondary N) is 2. The van der Waals surface area contributed by atoms with Gasteiger partial charge in [-0.2, -0.15) is 0 Å². The molecule has 2 aromatic rings. The zero-order valence-corrected chi connectivity index (χ0v) is 14.9. The van der Waals surface area contributed by atoms with Gasteiger partial charge in [-0.15, -0.1) is 0 Å². The van der Waals surface area contributed by atoms with Gasteiger partial charge in [0.15, 0.2) is 0 Å². The molecule has 2 amide bonds. The highest BCUT2D eigenvalue weighted by Gasteiger charge is 2.15. The van der Waals surface area contributed by atoms with Crippen molar-refractivity contribution in [2.24, 2.45) is 0 Å². The fourth-order valence-corrected chi connectivity index (χ4v) is 2.65. The van der Waals surface area contributed by atoms with Crippen LogP contribution < -0.4 is 10.0 Å². The van der Waals surface area contributed by atoms with E-state index < -0.39 is 5.82 Å². The van der Waals surface area contributed by atoms with Crippen molar-refractivity contribution in [1.82, 2.24) is 9.62 Å². The molecule has 0 spiro atoms. The molecule has 0 aliphatic rings. The number of benzene rings is 2. The molecule has 0 atom stereocenters. The van der Waals surface area contributed by atoms with E-state index >= 15 is 0 Å². The maximum atomic E-state index is 12.9. The van der Waals surface area contributed by atoms with Crippen LogP contribution in [0.2, 0.25) is 0 Å². The second-order valence-electron chi connectivity index (χ2n) is 5.34. The van der Waals surface area contributed by atoms with Gasteiger partial charge in [0.1, 0.15) is 5.82 Å². The van der Waals surface area contributed by atoms with Crippen molar-refractivity contribution in [2.75, 3.05) is 25.5 Å². The minimum absolute atomic E-state index is 0.0932. The smallest absolute Gasteiger partial charge is 0.254 e. The second kappa shape index (κ2) is 9.19. The van der Waals surface area contributed by atoms with Crippen LogP contribution in [0.15, 0.2) is 53.4 Å². The molecule has 0 aromatic heterocycles. The predicted molar refractivity (Wildman–Crippen MR) is 98.0 cm³/mol. The summed E-state index contributed by atoms with van der Waals surface area (Å²) in [6.45, 7) is 2.78. The first-order valence-corrected chi connectivity index (χ1v) is 8.62. The molecule has 0 bridgehead atoms. The van der Waals surface area contributed by atoms with Gasteiger partial charge in [-0.3, -0.25) is 14.3 Å². The molecule has 0 saturated heterocycles. The number of hydrogen-bond acceptors (Lipinski definition) is 4. The lowest BCUT2D eigenvalue weighted by molar-refractivity contribution is -0.116. The van der Waals surface area contributed by atoms with Crippen LogP contribution in [0.25, 0.3) is 0 Å². The van der Waals surface area contributed by atoms with Crippen LogP contribution in [-0.2, 0) is 4.79 Å². The topological polar surface area (TPSA) is 61.4 Å². The molecule has 7 heteroatoms. The Balaban J connectivity index is 1.88. The van der Waals surface area contributed by atoms with Crippen LogP contribution in [0.5, 0.6) is 0 Å². The molecule has 0 radical (unpaired) electrons. The molecule has 0 fully saturated rings. The van der Waals surface area contributed by atoms with Gasteiger partial charge in [-0.25, -0.2) is 4.39 Å². The highest BCUT2D eigenvalue weighted by Crippen LogP contribution is 2.17. The van der Waals surface area contributed by atoms with E-state index in [1.54, 1.807) is 12.1 Å². The molecule has 0 aliphatic heterocycles. The molecule has 0 heterocycles. The SMILES string of the molecule is CCNSc1ccc(NC(=O)CN(C)C(=O)c2ccc(F)cc2)cc1. The van der Waals surface area contributed by atoms with Crippen LogP contribution in [0.1, 0.15) is 17.3 Å². The summed E-state index contributed by atoms with van der Waals surface area (Å²) in [5.74, 6) is -1.05. The molecule has 25 heavy (non-hydrogen) atoms. The molecule has 2 rings (SSSR count). The van der Waals surface area contributed by atoms with E-state index in [4.69, 9.17) is 0 Å². The second-order valence-corrected chi connectivity index (χ2v) is 6.30. The summed E-state index contributed by atoms with van der Waals surface area (Å²) in [7, 11) is 1.53. The fraction of sp³-hybridized carbons (Fsp3) is 0.222. The van der Waals surface area contributed by atoms with Crippen LogP contribution >= 0.6 is 11.9 Å². The number of anilines is 1. The van der Waals surface area contributed by atoms with Crippen LogP contribution in [0.3, 0.4) is 0 Å². The number of likely N-dealkylation sites (N-methyl/N-ethyl adjacent to an activating group) is 1. The number of hydrogen-bond donors (Lipinski definition) is 2. The first kappa shape index (κ1) is 19.0. The van der Waals surface area contributed by atoms with E-state index in [2.05, 4.69) is 10.0 Å². The quantitative estimate of drug-likeness (QED) is 0.744. The van der Waals surface area contributed by atoms with Crippen molar-refractivity contribution in [2.45, 2.75) is 11.8 Å². The lowest BCUT2D eigenvalue weighted by Gasteiger charge is -2.17. The highest BCUT2D eigenvalue weighted by molar-refractivity contribution is 7.97. The number of halogens is 1. The van der Waals surface area contributed by atoms with Gasteiger partial charge in [0, 0.05) is 29.7 Å². The standard InChI is InChI=1S/C18H20FN3O2S/c1-3-20-25-16-10-8-15(9-11-16)21-17(23)12-22(2)18(24)13-4-6-14(19)7-5-13/h4-11,20H,3,12H2,1-2H3,(H,21,23). The van der Waals surface area contributed by atoms with Crippen molar-refractivity contribution < 1.29 is 14.0 Å². The third kappa shape index (κ3) is 5.88. The van der Waals surface area contributed by atoms with Crippen molar-refractivity contribution in [1.29, 1.82) is 0 Å². The first-order valence-electron chi connectivity index (χ1n) is 7.80. The van der Waals surface area contributed by atoms with Gasteiger partial charge < -0.3 is 10.2 Å². The average molecular weight is 361 g/mol. The minimum Gasteiger partial charge on any atom is -0.332 e. The minimum atomic E-state index is -0.410. The Bertz CT molecular complexity index is 720. The van der Waals surface area contributed by atoms with Gasteiger partial charge in [-0.1, -0.05) is 6.92 Å². The normalized spacial score (nSPS) is 10.4. The molecule has 5 nitrogen and oxygen atoms in total. The number of carbonyl (C=O) groups is 2.